The average molecular weight is 1080 g/mol. The number of nitrogens with one attached hydrogen (secondary N) is 6. The van der Waals surface area contributed by atoms with Gasteiger partial charge in [0.05, 0.1) is 36.6 Å². The van der Waals surface area contributed by atoms with E-state index in [2.05, 4.69) is 36.1 Å². The summed E-state index contributed by atoms with van der Waals surface area (Å²) < 4.78 is 38.3. The van der Waals surface area contributed by atoms with Crippen LogP contribution in [0.15, 0.2) is 18.2 Å². The zero-order valence-electron chi connectivity index (χ0n) is 41.4. The van der Waals surface area contributed by atoms with E-state index in [-0.39, 0.29) is 31.6 Å². The van der Waals surface area contributed by atoms with Crippen molar-refractivity contribution in [3.63, 3.8) is 0 Å². The van der Waals surface area contributed by atoms with E-state index in [0.29, 0.717) is 0 Å². The number of carbonyl (C=O) groups excluding carboxylic acids is 7. The van der Waals surface area contributed by atoms with E-state index < -0.39 is 200 Å². The van der Waals surface area contributed by atoms with Crippen LogP contribution in [0.1, 0.15) is 59.4 Å². The Balaban J connectivity index is 1.86. The van der Waals surface area contributed by atoms with Gasteiger partial charge in [0.1, 0.15) is 41.9 Å². The van der Waals surface area contributed by atoms with Crippen LogP contribution >= 0.6 is 11.2 Å². The molecule has 0 bridgehead atoms. The van der Waals surface area contributed by atoms with Gasteiger partial charge in [0, 0.05) is 70.5 Å². The Labute approximate surface area is 427 Å². The fourth-order valence-corrected chi connectivity index (χ4v) is 8.88. The molecule has 30 heteroatoms. The lowest BCUT2D eigenvalue weighted by Crippen LogP contribution is -2.64. The van der Waals surface area contributed by atoms with Crippen LogP contribution in [0.2, 0.25) is 0 Å². The van der Waals surface area contributed by atoms with Crippen molar-refractivity contribution in [1.82, 2.24) is 41.7 Å². The lowest BCUT2D eigenvalue weighted by atomic mass is 9.98. The predicted octanol–water partition coefficient (Wildman–Crippen LogP) is -5.47. The van der Waals surface area contributed by atoms with Crippen molar-refractivity contribution in [1.29, 1.82) is 0 Å². The van der Waals surface area contributed by atoms with E-state index in [1.165, 1.54) is 33.8 Å². The monoisotopic (exact) mass is 1080 g/mol. The standard InChI is InChI=1S/C44H72N8O21S/c1-20-16-52-35(36(20)61)40(65)46-15-24(56)12-26(47-43(68)72-44(3,4)5)37(62)48-32(21(2)55)41(66)51-17-25(57)13-27(51)38(63)49-33(30(60)10-22-6-7-28(58)31(11-22)73-74(69,70)71)39(64)50-34(42(52)67)29(59)8-9-45-14-23(18-53)19-54/h6-7,11,20-21,23-27,29-30,32-36,45,53-61,69-71H,8-10,12-19H2,1-5H3,(H,46,65)(H,47,68)(H,48,62)(H,49,63)(H,50,64)/t20-,21+,24+,25+,26-,27-,29+,30+,32-,33-,34-,35-,36-/m0/s1. The highest BCUT2D eigenvalue weighted by atomic mass is 32.3. The molecule has 3 aliphatic heterocycles. The molecule has 3 heterocycles. The van der Waals surface area contributed by atoms with Crippen molar-refractivity contribution in [3.05, 3.63) is 23.8 Å². The summed E-state index contributed by atoms with van der Waals surface area (Å²) in [5, 5.41) is 112. The largest absolute Gasteiger partial charge is 0.504 e. The lowest BCUT2D eigenvalue weighted by Gasteiger charge is -2.34. The highest BCUT2D eigenvalue weighted by Gasteiger charge is 2.50. The molecule has 3 fully saturated rings. The van der Waals surface area contributed by atoms with E-state index in [9.17, 15) is 93.2 Å². The van der Waals surface area contributed by atoms with Crippen molar-refractivity contribution in [2.75, 3.05) is 45.9 Å². The number of carbonyl (C=O) groups is 7. The molecular formula is C44H72N8O21S. The minimum absolute atomic E-state index is 0.0333. The molecule has 3 saturated heterocycles. The number of aromatic hydroxyl groups is 1. The molecule has 1 aromatic carbocycles. The number of rotatable bonds is 15. The molecule has 0 spiro atoms. The van der Waals surface area contributed by atoms with Crippen LogP contribution < -0.4 is 36.1 Å². The number of phenolic OH excluding ortho intramolecular Hbond substituents is 1. The SMILES string of the molecule is C[C@@H](O)[C@@H]1NC(=O)[C@@H](NC(=O)OC(C)(C)C)C[C@@H](O)CNC(=O)[C@@H]2[C@@H](O)[C@@H](C)CN2C(=O)[C@H]([C@H](O)CCNCC(CO)CO)NC(=O)[C@H]([C@H](O)Cc2ccc(O)c(OS(O)(O)O)c2)NC(=O)[C@@H]2C[C@@H](O)CN2C1=O. The number of amides is 7. The summed E-state index contributed by atoms with van der Waals surface area (Å²) in [6, 6.07) is -8.40. The number of aliphatic hydroxyl groups excluding tert-OH is 8. The molecule has 0 unspecified atom stereocenters. The maximum absolute atomic E-state index is 14.8. The normalized spacial score (nSPS) is 28.7. The Morgan fingerprint density at radius 1 is 0.824 bits per heavy atom. The summed E-state index contributed by atoms with van der Waals surface area (Å²) in [5.74, 6) is -10.1. The van der Waals surface area contributed by atoms with Gasteiger partial charge in [0.15, 0.2) is 11.5 Å². The molecule has 13 atom stereocenters. The number of benzene rings is 1. The number of alkyl carbamates (subject to hydrolysis) is 1. The van der Waals surface area contributed by atoms with Crippen LogP contribution in [0.3, 0.4) is 0 Å². The van der Waals surface area contributed by atoms with Gasteiger partial charge in [-0.3, -0.25) is 42.4 Å². The van der Waals surface area contributed by atoms with Gasteiger partial charge in [0.2, 0.25) is 35.4 Å². The summed E-state index contributed by atoms with van der Waals surface area (Å²) in [6.07, 6.45) is -13.9. The third-order valence-electron chi connectivity index (χ3n) is 12.4. The Bertz CT molecular complexity index is 2130. The van der Waals surface area contributed by atoms with Crippen LogP contribution in [0, 0.1) is 11.8 Å². The number of nitrogens with zero attached hydrogens (tertiary/aromatic N) is 2. The van der Waals surface area contributed by atoms with Crippen LogP contribution in [0.25, 0.3) is 0 Å². The van der Waals surface area contributed by atoms with E-state index in [1.54, 1.807) is 0 Å². The molecule has 0 aliphatic carbocycles. The van der Waals surface area contributed by atoms with Crippen molar-refractivity contribution in [3.8, 4) is 11.5 Å². The summed E-state index contributed by atoms with van der Waals surface area (Å²) in [6.45, 7) is 4.57. The summed E-state index contributed by atoms with van der Waals surface area (Å²) >= 11 is -4.72. The maximum Gasteiger partial charge on any atom is 0.408 e. The van der Waals surface area contributed by atoms with Crippen LogP contribution in [0.5, 0.6) is 11.5 Å². The van der Waals surface area contributed by atoms with Crippen molar-refractivity contribution in [2.45, 2.75) is 139 Å². The number of hydrogen-bond acceptors (Lipinski definition) is 22. The number of aliphatic hydroxyl groups is 8. The second-order valence-electron chi connectivity index (χ2n) is 19.7. The molecule has 7 amide bonds. The van der Waals surface area contributed by atoms with Crippen LogP contribution in [0.4, 0.5) is 4.79 Å². The molecule has 29 nitrogen and oxygen atoms in total. The summed E-state index contributed by atoms with van der Waals surface area (Å²) in [4.78, 5) is 101. The second-order valence-corrected chi connectivity index (χ2v) is 20.9. The zero-order chi connectivity index (χ0) is 55.6. The molecule has 4 rings (SSSR count). The van der Waals surface area contributed by atoms with E-state index in [4.69, 9.17) is 4.74 Å². The molecule has 3 aliphatic rings. The van der Waals surface area contributed by atoms with Crippen molar-refractivity contribution >= 4 is 52.7 Å². The first-order valence-electron chi connectivity index (χ1n) is 23.8. The smallest absolute Gasteiger partial charge is 0.408 e. The van der Waals surface area contributed by atoms with Crippen LogP contribution in [-0.2, 0) is 39.9 Å². The fourth-order valence-electron chi connectivity index (χ4n) is 8.51. The number of fused-ring (bicyclic) bond motifs is 2. The Hall–Kier alpha value is -5.22. The minimum Gasteiger partial charge on any atom is -0.504 e. The zero-order valence-corrected chi connectivity index (χ0v) is 42.3. The topological polar surface area (TPSA) is 459 Å². The summed E-state index contributed by atoms with van der Waals surface area (Å²) in [7, 11) is 0. The summed E-state index contributed by atoms with van der Waals surface area (Å²) in [5.41, 5.74) is -1.15. The van der Waals surface area contributed by atoms with Gasteiger partial charge in [-0.2, -0.15) is 0 Å². The first-order valence-corrected chi connectivity index (χ1v) is 25.2. The molecule has 0 aromatic heterocycles. The van der Waals surface area contributed by atoms with E-state index in [1.807, 2.05) is 0 Å². The average Bonchev–Trinajstić information content (AvgIpc) is 3.84. The second kappa shape index (κ2) is 26.5. The molecule has 18 N–H and O–H groups in total. The molecule has 0 radical (unpaired) electrons. The Kier molecular flexibility index (Phi) is 22.0. The number of phenols is 1. The van der Waals surface area contributed by atoms with Crippen molar-refractivity contribution in [2.24, 2.45) is 11.8 Å². The minimum atomic E-state index is -4.72. The number of ether oxygens (including phenoxy) is 1. The van der Waals surface area contributed by atoms with Gasteiger partial charge in [-0.25, -0.2) is 4.79 Å². The van der Waals surface area contributed by atoms with Gasteiger partial charge < -0.3 is 96.6 Å². The highest BCUT2D eigenvalue weighted by Crippen LogP contribution is 2.40. The van der Waals surface area contributed by atoms with E-state index in [0.717, 1.165) is 28.9 Å². The highest BCUT2D eigenvalue weighted by molar-refractivity contribution is 8.15. The van der Waals surface area contributed by atoms with Gasteiger partial charge in [-0.15, -0.1) is 0 Å². The third-order valence-corrected chi connectivity index (χ3v) is 12.8. The number of β-amino-alcohol motifs (C(OH)–C–C–N with tert-alkyl or cyclic N) is 1. The first kappa shape index (κ1) is 61.3. The maximum atomic E-state index is 14.8. The molecule has 74 heavy (non-hydrogen) atoms. The fraction of sp³-hybridized carbons (Fsp3) is 0.705. The van der Waals surface area contributed by atoms with Crippen molar-refractivity contribution < 1.29 is 102 Å². The molecule has 0 saturated carbocycles. The van der Waals surface area contributed by atoms with Gasteiger partial charge in [-0.05, 0) is 58.4 Å². The van der Waals surface area contributed by atoms with E-state index >= 15 is 0 Å². The molecule has 420 valence electrons. The molecular weight excluding hydrogens is 1010 g/mol. The Morgan fingerprint density at radius 2 is 1.45 bits per heavy atom. The van der Waals surface area contributed by atoms with Gasteiger partial charge >= 0.3 is 6.09 Å². The van der Waals surface area contributed by atoms with Crippen LogP contribution in [-0.4, -0.2) is 235 Å². The molecule has 1 aromatic rings. The quantitative estimate of drug-likeness (QED) is 0.0729. The predicted molar refractivity (Wildman–Crippen MR) is 256 cm³/mol. The third kappa shape index (κ3) is 17.2. The first-order chi connectivity index (χ1) is 34.4. The lowest BCUT2D eigenvalue weighted by molar-refractivity contribution is -0.147. The number of hydrogen-bond donors (Lipinski definition) is 18. The van der Waals surface area contributed by atoms with Gasteiger partial charge in [-0.1, -0.05) is 13.0 Å². The Morgan fingerprint density at radius 3 is 2.05 bits per heavy atom. The van der Waals surface area contributed by atoms with Gasteiger partial charge in [0.25, 0.3) is 11.2 Å².